The fourth-order valence-electron chi connectivity index (χ4n) is 3.31. The van der Waals surface area contributed by atoms with Gasteiger partial charge in [0, 0.05) is 28.1 Å². The molecule has 4 nitrogen and oxygen atoms in total. The zero-order chi connectivity index (χ0) is 18.8. The highest BCUT2D eigenvalue weighted by molar-refractivity contribution is 6.03. The molecule has 27 heavy (non-hydrogen) atoms. The Bertz CT molecular complexity index is 1010. The lowest BCUT2D eigenvalue weighted by Crippen LogP contribution is -2.16. The van der Waals surface area contributed by atoms with Gasteiger partial charge >= 0.3 is 0 Å². The summed E-state index contributed by atoms with van der Waals surface area (Å²) in [5, 5.41) is 17.2. The number of nitrogens with one attached hydrogen (secondary N) is 2. The average molecular weight is 356 g/mol. The molecule has 0 aromatic heterocycles. The first-order chi connectivity index (χ1) is 13.1. The quantitative estimate of drug-likeness (QED) is 0.597. The Morgan fingerprint density at radius 3 is 2.26 bits per heavy atom. The number of ketones is 1. The summed E-state index contributed by atoms with van der Waals surface area (Å²) in [6, 6.07) is 25.1. The van der Waals surface area contributed by atoms with Gasteiger partial charge in [-0.1, -0.05) is 48.5 Å². The molecular formula is C23H20N2O2. The van der Waals surface area contributed by atoms with Crippen molar-refractivity contribution in [2.45, 2.75) is 13.2 Å². The van der Waals surface area contributed by atoms with Crippen LogP contribution in [-0.2, 0) is 0 Å². The molecule has 0 spiro atoms. The SMILES string of the molecule is CC(=O)c1ccc(N/C(=C2/c3ccccc3NC2O)c2ccccc2)cc1. The van der Waals surface area contributed by atoms with Gasteiger partial charge in [-0.05, 0) is 42.8 Å². The minimum absolute atomic E-state index is 0.0347. The summed E-state index contributed by atoms with van der Waals surface area (Å²) >= 11 is 0. The molecule has 4 rings (SSSR count). The van der Waals surface area contributed by atoms with Crippen LogP contribution in [-0.4, -0.2) is 17.1 Å². The van der Waals surface area contributed by atoms with Gasteiger partial charge in [0.05, 0.1) is 5.70 Å². The predicted octanol–water partition coefficient (Wildman–Crippen LogP) is 4.61. The fourth-order valence-corrected chi connectivity index (χ4v) is 3.31. The first kappa shape index (κ1) is 17.1. The molecular weight excluding hydrogens is 336 g/mol. The Labute approximate surface area is 158 Å². The monoisotopic (exact) mass is 356 g/mol. The van der Waals surface area contributed by atoms with Crippen LogP contribution < -0.4 is 10.6 Å². The van der Waals surface area contributed by atoms with E-state index in [0.29, 0.717) is 5.56 Å². The van der Waals surface area contributed by atoms with E-state index in [1.807, 2.05) is 66.7 Å². The minimum atomic E-state index is -0.804. The predicted molar refractivity (Wildman–Crippen MR) is 109 cm³/mol. The second-order valence-corrected chi connectivity index (χ2v) is 6.51. The number of carbonyl (C=O) groups is 1. The average Bonchev–Trinajstić information content (AvgIpc) is 3.03. The van der Waals surface area contributed by atoms with Gasteiger partial charge in [-0.15, -0.1) is 0 Å². The third kappa shape index (κ3) is 3.35. The standard InChI is InChI=1S/C23H20N2O2/c1-15(26)16-11-13-18(14-12-16)24-22(17-7-3-2-4-8-17)21-19-9-5-6-10-20(19)25-23(21)27/h2-14,23-25,27H,1H3/b22-21-. The Kier molecular flexibility index (Phi) is 4.48. The van der Waals surface area contributed by atoms with Gasteiger partial charge in [0.15, 0.2) is 12.0 Å². The van der Waals surface area contributed by atoms with Gasteiger partial charge < -0.3 is 15.7 Å². The number of benzene rings is 3. The van der Waals surface area contributed by atoms with Crippen molar-refractivity contribution >= 4 is 28.4 Å². The summed E-state index contributed by atoms with van der Waals surface area (Å²) in [5.74, 6) is 0.0347. The number of para-hydroxylation sites is 1. The molecule has 1 atom stereocenters. The van der Waals surface area contributed by atoms with Crippen LogP contribution in [0.2, 0.25) is 0 Å². The maximum Gasteiger partial charge on any atom is 0.159 e. The number of rotatable bonds is 4. The van der Waals surface area contributed by atoms with Crippen molar-refractivity contribution < 1.29 is 9.90 Å². The van der Waals surface area contributed by atoms with Crippen LogP contribution in [0.1, 0.15) is 28.4 Å². The Hall–Kier alpha value is -3.37. The maximum atomic E-state index is 11.5. The Morgan fingerprint density at radius 1 is 0.889 bits per heavy atom. The van der Waals surface area contributed by atoms with Crippen molar-refractivity contribution in [2.75, 3.05) is 10.6 Å². The third-order valence-corrected chi connectivity index (χ3v) is 4.68. The number of carbonyl (C=O) groups excluding carboxylic acids is 1. The number of Topliss-reactive ketones (excluding diaryl/α,β-unsaturated/α-hetero) is 1. The lowest BCUT2D eigenvalue weighted by molar-refractivity contribution is 0.101. The van der Waals surface area contributed by atoms with Crippen LogP contribution in [0.5, 0.6) is 0 Å². The zero-order valence-corrected chi connectivity index (χ0v) is 14.9. The van der Waals surface area contributed by atoms with Crippen molar-refractivity contribution in [3.05, 3.63) is 95.6 Å². The summed E-state index contributed by atoms with van der Waals surface area (Å²) < 4.78 is 0. The van der Waals surface area contributed by atoms with Gasteiger partial charge in [0.25, 0.3) is 0 Å². The molecule has 0 aliphatic carbocycles. The Balaban J connectivity index is 1.82. The first-order valence-electron chi connectivity index (χ1n) is 8.85. The van der Waals surface area contributed by atoms with Gasteiger partial charge in [0.1, 0.15) is 0 Å². The number of aliphatic hydroxyl groups excluding tert-OH is 1. The van der Waals surface area contributed by atoms with Crippen LogP contribution in [0.4, 0.5) is 11.4 Å². The second-order valence-electron chi connectivity index (χ2n) is 6.51. The summed E-state index contributed by atoms with van der Waals surface area (Å²) in [5.41, 5.74) is 5.99. The van der Waals surface area contributed by atoms with E-state index in [9.17, 15) is 9.90 Å². The van der Waals surface area contributed by atoms with E-state index in [4.69, 9.17) is 0 Å². The molecule has 1 aliphatic heterocycles. The molecule has 0 saturated carbocycles. The summed E-state index contributed by atoms with van der Waals surface area (Å²) in [4.78, 5) is 11.5. The molecule has 134 valence electrons. The maximum absolute atomic E-state index is 11.5. The molecule has 1 heterocycles. The molecule has 3 N–H and O–H groups in total. The van der Waals surface area contributed by atoms with Crippen molar-refractivity contribution in [3.63, 3.8) is 0 Å². The summed E-state index contributed by atoms with van der Waals surface area (Å²) in [7, 11) is 0. The van der Waals surface area contributed by atoms with Gasteiger partial charge in [-0.2, -0.15) is 0 Å². The molecule has 0 fully saturated rings. The van der Waals surface area contributed by atoms with E-state index in [0.717, 1.165) is 33.8 Å². The highest BCUT2D eigenvalue weighted by Gasteiger charge is 2.28. The lowest BCUT2D eigenvalue weighted by atomic mass is 9.99. The molecule has 1 unspecified atom stereocenters. The third-order valence-electron chi connectivity index (χ3n) is 4.68. The van der Waals surface area contributed by atoms with Crippen LogP contribution in [0.15, 0.2) is 78.9 Å². The van der Waals surface area contributed by atoms with Crippen molar-refractivity contribution in [1.29, 1.82) is 0 Å². The second kappa shape index (κ2) is 7.09. The van der Waals surface area contributed by atoms with Crippen molar-refractivity contribution in [2.24, 2.45) is 0 Å². The fraction of sp³-hybridized carbons (Fsp3) is 0.0870. The summed E-state index contributed by atoms with van der Waals surface area (Å²) in [6.45, 7) is 1.55. The molecule has 0 radical (unpaired) electrons. The minimum Gasteiger partial charge on any atom is -0.369 e. The Morgan fingerprint density at radius 2 is 1.56 bits per heavy atom. The molecule has 0 amide bonds. The molecule has 4 heteroatoms. The van der Waals surface area contributed by atoms with E-state index in [-0.39, 0.29) is 5.78 Å². The molecule has 0 bridgehead atoms. The van der Waals surface area contributed by atoms with Gasteiger partial charge in [-0.3, -0.25) is 4.79 Å². The topological polar surface area (TPSA) is 61.4 Å². The normalized spacial score (nSPS) is 17.0. The van der Waals surface area contributed by atoms with E-state index in [1.54, 1.807) is 19.1 Å². The largest absolute Gasteiger partial charge is 0.369 e. The van der Waals surface area contributed by atoms with Crippen LogP contribution >= 0.6 is 0 Å². The van der Waals surface area contributed by atoms with Crippen LogP contribution in [0, 0.1) is 0 Å². The first-order valence-corrected chi connectivity index (χ1v) is 8.85. The number of hydrogen-bond acceptors (Lipinski definition) is 4. The van der Waals surface area contributed by atoms with E-state index in [2.05, 4.69) is 10.6 Å². The molecule has 0 saturated heterocycles. The van der Waals surface area contributed by atoms with E-state index < -0.39 is 6.23 Å². The molecule has 1 aliphatic rings. The van der Waals surface area contributed by atoms with Gasteiger partial charge in [0.2, 0.25) is 0 Å². The lowest BCUT2D eigenvalue weighted by Gasteiger charge is -2.17. The highest BCUT2D eigenvalue weighted by Crippen LogP contribution is 2.39. The number of aliphatic hydroxyl groups is 1. The number of fused-ring (bicyclic) bond motifs is 1. The van der Waals surface area contributed by atoms with Crippen molar-refractivity contribution in [3.8, 4) is 0 Å². The zero-order valence-electron chi connectivity index (χ0n) is 14.9. The highest BCUT2D eigenvalue weighted by atomic mass is 16.3. The number of anilines is 2. The van der Waals surface area contributed by atoms with Gasteiger partial charge in [-0.25, -0.2) is 0 Å². The smallest absolute Gasteiger partial charge is 0.159 e. The molecule has 3 aromatic rings. The number of hydrogen-bond donors (Lipinski definition) is 3. The van der Waals surface area contributed by atoms with E-state index in [1.165, 1.54) is 0 Å². The van der Waals surface area contributed by atoms with Crippen LogP contribution in [0.25, 0.3) is 11.3 Å². The van der Waals surface area contributed by atoms with Crippen molar-refractivity contribution in [1.82, 2.24) is 0 Å². The van der Waals surface area contributed by atoms with E-state index >= 15 is 0 Å². The molecule has 3 aromatic carbocycles. The van der Waals surface area contributed by atoms with Crippen LogP contribution in [0.3, 0.4) is 0 Å². The summed E-state index contributed by atoms with van der Waals surface area (Å²) in [6.07, 6.45) is -0.804.